The van der Waals surface area contributed by atoms with Crippen LogP contribution in [0.1, 0.15) is 122 Å². The summed E-state index contributed by atoms with van der Waals surface area (Å²) in [7, 11) is 0. The van der Waals surface area contributed by atoms with Crippen LogP contribution in [-0.4, -0.2) is 32.5 Å². The number of rotatable bonds is 2. The molecule has 41 heavy (non-hydrogen) atoms. The normalized spacial score (nSPS) is 39.8. The number of aromatic nitrogens is 1. The highest BCUT2D eigenvalue weighted by Gasteiger charge is 2.63. The summed E-state index contributed by atoms with van der Waals surface area (Å²) in [4.78, 5) is 4.11. The SMILES string of the molecule is CC(C)=CCc1c2c(cc3c4c([nH]c13)[C@@]1(C)C(CCC3[C@@H](C)C(O)CC[C@@]31C)C4)C1=CC(C)(C)OC(C)(C)C1C2O. The summed E-state index contributed by atoms with van der Waals surface area (Å²) in [6.45, 7) is 20.3. The molecule has 1 aromatic carbocycles. The third-order valence-corrected chi connectivity index (χ3v) is 12.9. The monoisotopic (exact) mass is 557 g/mol. The van der Waals surface area contributed by atoms with E-state index < -0.39 is 11.7 Å². The van der Waals surface area contributed by atoms with Crippen LogP contribution >= 0.6 is 0 Å². The summed E-state index contributed by atoms with van der Waals surface area (Å²) in [5, 5.41) is 24.3. The molecule has 3 N–H and O–H groups in total. The Kier molecular flexibility index (Phi) is 5.86. The molecule has 2 fully saturated rings. The van der Waals surface area contributed by atoms with Gasteiger partial charge in [-0.15, -0.1) is 0 Å². The molecule has 0 bridgehead atoms. The Morgan fingerprint density at radius 3 is 2.51 bits per heavy atom. The lowest BCUT2D eigenvalue weighted by atomic mass is 9.44. The summed E-state index contributed by atoms with van der Waals surface area (Å²) in [5.41, 5.74) is 9.70. The Morgan fingerprint density at radius 2 is 1.80 bits per heavy atom. The van der Waals surface area contributed by atoms with Gasteiger partial charge in [0.2, 0.25) is 0 Å². The number of hydrogen-bond donors (Lipinski definition) is 3. The molecule has 0 spiro atoms. The van der Waals surface area contributed by atoms with Gasteiger partial charge in [0.05, 0.1) is 23.4 Å². The van der Waals surface area contributed by atoms with Crippen LogP contribution in [0.2, 0.25) is 0 Å². The number of hydrogen-bond acceptors (Lipinski definition) is 3. The fourth-order valence-electron chi connectivity index (χ4n) is 10.9. The fraction of sp³-hybridized carbons (Fsp3) is 0.676. The van der Waals surface area contributed by atoms with Crippen molar-refractivity contribution in [1.82, 2.24) is 4.98 Å². The van der Waals surface area contributed by atoms with Crippen molar-refractivity contribution >= 4 is 16.5 Å². The summed E-state index contributed by atoms with van der Waals surface area (Å²) < 4.78 is 6.55. The Balaban J connectivity index is 1.47. The van der Waals surface area contributed by atoms with Crippen LogP contribution in [0, 0.1) is 29.1 Å². The maximum Gasteiger partial charge on any atom is 0.0895 e. The zero-order chi connectivity index (χ0) is 29.4. The van der Waals surface area contributed by atoms with E-state index in [0.29, 0.717) is 17.8 Å². The molecule has 2 saturated carbocycles. The number of allylic oxidation sites excluding steroid dienone is 2. The van der Waals surface area contributed by atoms with Crippen LogP contribution in [0.3, 0.4) is 0 Å². The van der Waals surface area contributed by atoms with Gasteiger partial charge >= 0.3 is 0 Å². The number of aromatic amines is 1. The predicted octanol–water partition coefficient (Wildman–Crippen LogP) is 7.95. The number of ether oxygens (including phenoxy) is 1. The Hall–Kier alpha value is -1.88. The number of benzene rings is 1. The smallest absolute Gasteiger partial charge is 0.0895 e. The molecule has 1 aromatic heterocycles. The summed E-state index contributed by atoms with van der Waals surface area (Å²) >= 11 is 0. The van der Waals surface area contributed by atoms with Gasteiger partial charge in [0.1, 0.15) is 0 Å². The lowest BCUT2D eigenvalue weighted by Crippen LogP contribution is -2.58. The van der Waals surface area contributed by atoms with Gasteiger partial charge in [-0.3, -0.25) is 0 Å². The van der Waals surface area contributed by atoms with Crippen molar-refractivity contribution in [2.75, 3.05) is 0 Å². The second-order valence-corrected chi connectivity index (χ2v) is 16.2. The van der Waals surface area contributed by atoms with Gasteiger partial charge in [0.25, 0.3) is 0 Å². The molecule has 0 saturated heterocycles. The van der Waals surface area contributed by atoms with Crippen molar-refractivity contribution in [2.45, 2.75) is 130 Å². The maximum atomic E-state index is 12.0. The van der Waals surface area contributed by atoms with Gasteiger partial charge in [-0.2, -0.15) is 0 Å². The van der Waals surface area contributed by atoms with Crippen LogP contribution in [-0.2, 0) is 23.0 Å². The fourth-order valence-corrected chi connectivity index (χ4v) is 10.9. The van der Waals surface area contributed by atoms with E-state index in [4.69, 9.17) is 4.74 Å². The lowest BCUT2D eigenvalue weighted by molar-refractivity contribution is -0.142. The van der Waals surface area contributed by atoms with Crippen LogP contribution in [0.4, 0.5) is 0 Å². The van der Waals surface area contributed by atoms with Crippen LogP contribution in [0.5, 0.6) is 0 Å². The van der Waals surface area contributed by atoms with Gasteiger partial charge in [0, 0.05) is 27.9 Å². The summed E-state index contributed by atoms with van der Waals surface area (Å²) in [6.07, 6.45) is 10.2. The quantitative estimate of drug-likeness (QED) is 0.328. The largest absolute Gasteiger partial charge is 0.393 e. The molecule has 7 rings (SSSR count). The number of nitrogens with one attached hydrogen (secondary N) is 1. The molecule has 4 nitrogen and oxygen atoms in total. The molecular weight excluding hydrogens is 506 g/mol. The Labute approximate surface area is 246 Å². The molecule has 5 aliphatic rings. The number of fused-ring (bicyclic) bond motifs is 10. The summed E-state index contributed by atoms with van der Waals surface area (Å²) in [6, 6.07) is 2.44. The number of aliphatic hydroxyl groups is 2. The van der Waals surface area contributed by atoms with Crippen LogP contribution < -0.4 is 0 Å². The Morgan fingerprint density at radius 1 is 1.07 bits per heavy atom. The van der Waals surface area contributed by atoms with Gasteiger partial charge in [-0.1, -0.05) is 32.4 Å². The first-order valence-electron chi connectivity index (χ1n) is 16.2. The molecule has 8 atom stereocenters. The van der Waals surface area contributed by atoms with E-state index >= 15 is 0 Å². The van der Waals surface area contributed by atoms with Gasteiger partial charge in [-0.05, 0) is 143 Å². The van der Waals surface area contributed by atoms with E-state index in [1.807, 2.05) is 0 Å². The molecule has 0 radical (unpaired) electrons. The molecule has 2 aromatic rings. The molecule has 5 unspecified atom stereocenters. The van der Waals surface area contributed by atoms with Crippen molar-refractivity contribution in [3.8, 4) is 0 Å². The molecule has 2 heterocycles. The van der Waals surface area contributed by atoms with Gasteiger partial charge < -0.3 is 19.9 Å². The van der Waals surface area contributed by atoms with Crippen molar-refractivity contribution in [3.63, 3.8) is 0 Å². The highest BCUT2D eigenvalue weighted by Crippen LogP contribution is 2.68. The first-order chi connectivity index (χ1) is 19.1. The minimum atomic E-state index is -0.592. The highest BCUT2D eigenvalue weighted by atomic mass is 16.5. The zero-order valence-electron chi connectivity index (χ0n) is 26.7. The highest BCUT2D eigenvalue weighted by molar-refractivity contribution is 5.96. The second-order valence-electron chi connectivity index (χ2n) is 16.2. The molecule has 0 amide bonds. The van der Waals surface area contributed by atoms with Gasteiger partial charge in [-0.25, -0.2) is 0 Å². The molecule has 4 aliphatic carbocycles. The van der Waals surface area contributed by atoms with Crippen LogP contribution in [0.15, 0.2) is 23.8 Å². The first-order valence-corrected chi connectivity index (χ1v) is 16.2. The van der Waals surface area contributed by atoms with E-state index in [0.717, 1.165) is 31.2 Å². The van der Waals surface area contributed by atoms with Crippen molar-refractivity contribution in [2.24, 2.45) is 29.1 Å². The molecule has 1 aliphatic heterocycles. The van der Waals surface area contributed by atoms with Crippen molar-refractivity contribution in [3.05, 3.63) is 51.7 Å². The van der Waals surface area contributed by atoms with Crippen molar-refractivity contribution in [1.29, 1.82) is 0 Å². The predicted molar refractivity (Wildman–Crippen MR) is 167 cm³/mol. The van der Waals surface area contributed by atoms with E-state index in [1.165, 1.54) is 57.3 Å². The average molecular weight is 558 g/mol. The molecule has 222 valence electrons. The third-order valence-electron chi connectivity index (χ3n) is 12.9. The van der Waals surface area contributed by atoms with E-state index in [1.54, 1.807) is 0 Å². The number of H-pyrrole nitrogens is 1. The van der Waals surface area contributed by atoms with E-state index in [9.17, 15) is 10.2 Å². The van der Waals surface area contributed by atoms with E-state index in [2.05, 4.69) is 85.5 Å². The Bertz CT molecular complexity index is 1500. The molecule has 4 heteroatoms. The topological polar surface area (TPSA) is 65.5 Å². The average Bonchev–Trinajstić information content (AvgIpc) is 3.47. The lowest BCUT2D eigenvalue weighted by Gasteiger charge is -2.61. The second kappa shape index (κ2) is 8.61. The van der Waals surface area contributed by atoms with Crippen LogP contribution in [0.25, 0.3) is 16.5 Å². The minimum Gasteiger partial charge on any atom is -0.393 e. The van der Waals surface area contributed by atoms with Crippen molar-refractivity contribution < 1.29 is 14.9 Å². The number of aliphatic hydroxyl groups excluding tert-OH is 2. The summed E-state index contributed by atoms with van der Waals surface area (Å²) in [5.74, 6) is 1.44. The first kappa shape index (κ1) is 27.9. The third kappa shape index (κ3) is 3.56. The maximum absolute atomic E-state index is 12.0. The standard InChI is InChI=1S/C37H51NO3/c1-19(2)10-12-22-29-23(26-18-34(4,5)41-35(6,7)30(26)32(29)40)17-24-25-16-21-11-13-27-20(3)28(39)14-15-36(27,8)37(21,9)33(25)38-31(22)24/h10,17-18,20-21,27-28,30,32,38-40H,11-16H2,1-9H3/t20-,21?,27?,28?,30?,32?,36+,37-/m1/s1. The zero-order valence-corrected chi connectivity index (χ0v) is 26.7. The van der Waals surface area contributed by atoms with E-state index in [-0.39, 0.29) is 28.5 Å². The minimum absolute atomic E-state index is 0.0555. The van der Waals surface area contributed by atoms with Gasteiger partial charge in [0.15, 0.2) is 0 Å². The molecular formula is C37H51NO3.